The molecule has 6 heterocycles. The number of benzene rings is 12. The number of anilines is 6. The van der Waals surface area contributed by atoms with Crippen LogP contribution in [0.1, 0.15) is 18.4 Å². The Bertz CT molecular complexity index is 5800. The quantitative estimate of drug-likeness (QED) is 0.152. The molecular formula is C78H48N4O2. The summed E-state index contributed by atoms with van der Waals surface area (Å²) in [6.07, 6.45) is 8.68. The van der Waals surface area contributed by atoms with E-state index in [2.05, 4.69) is 286 Å². The highest BCUT2D eigenvalue weighted by Gasteiger charge is 2.29. The van der Waals surface area contributed by atoms with Crippen LogP contribution in [-0.4, -0.2) is 8.80 Å². The summed E-state index contributed by atoms with van der Waals surface area (Å²) in [6, 6.07) is 90.7. The van der Waals surface area contributed by atoms with Gasteiger partial charge < -0.3 is 27.4 Å². The summed E-state index contributed by atoms with van der Waals surface area (Å²) in [6.45, 7) is 0. The molecule has 6 aromatic heterocycles. The lowest BCUT2D eigenvalue weighted by atomic mass is 9.96. The summed E-state index contributed by atoms with van der Waals surface area (Å²) in [7, 11) is 0. The second-order valence-corrected chi connectivity index (χ2v) is 22.5. The van der Waals surface area contributed by atoms with Gasteiger partial charge in [-0.1, -0.05) is 194 Å². The molecule has 0 aliphatic heterocycles. The van der Waals surface area contributed by atoms with Crippen LogP contribution in [0.2, 0.25) is 0 Å². The Morgan fingerprint density at radius 1 is 0.321 bits per heavy atom. The Hall–Kier alpha value is -11.1. The van der Waals surface area contributed by atoms with E-state index in [1.54, 1.807) is 0 Å². The first-order valence-corrected chi connectivity index (χ1v) is 29.1. The smallest absolute Gasteiger partial charge is 0.159 e. The van der Waals surface area contributed by atoms with Gasteiger partial charge in [0.25, 0.3) is 0 Å². The van der Waals surface area contributed by atoms with Crippen LogP contribution in [0.4, 0.5) is 34.1 Å². The zero-order valence-electron chi connectivity index (χ0n) is 45.4. The zero-order valence-corrected chi connectivity index (χ0v) is 45.4. The lowest BCUT2D eigenvalue weighted by Crippen LogP contribution is -2.10. The van der Waals surface area contributed by atoms with Crippen molar-refractivity contribution in [1.29, 1.82) is 0 Å². The Balaban J connectivity index is 0.826. The van der Waals surface area contributed by atoms with Crippen molar-refractivity contribution < 1.29 is 8.83 Å². The highest BCUT2D eigenvalue weighted by Crippen LogP contribution is 2.53. The number of rotatable bonds is 8. The first-order valence-electron chi connectivity index (χ1n) is 29.1. The molecule has 0 radical (unpaired) electrons. The molecule has 0 N–H and O–H groups in total. The minimum atomic E-state index is 0.850. The van der Waals surface area contributed by atoms with E-state index in [1.807, 2.05) is 0 Å². The fourth-order valence-corrected chi connectivity index (χ4v) is 14.7. The van der Waals surface area contributed by atoms with Crippen molar-refractivity contribution in [1.82, 2.24) is 8.80 Å². The van der Waals surface area contributed by atoms with E-state index in [1.165, 1.54) is 70.7 Å². The summed E-state index contributed by atoms with van der Waals surface area (Å²) in [5.41, 5.74) is 21.6. The summed E-state index contributed by atoms with van der Waals surface area (Å²) >= 11 is 0. The van der Waals surface area contributed by atoms with Crippen LogP contribution in [0.15, 0.2) is 276 Å². The van der Waals surface area contributed by atoms with Gasteiger partial charge in [-0.25, -0.2) is 0 Å². The third-order valence-corrected chi connectivity index (χ3v) is 18.2. The standard InChI is InChI=1S/C78H48N4O2/c1-5-21-47(22-6-1)51-29-13-33-55-57-35-17-43-67(77(57)83-75(51)55)79(49-25-9-3-10-26-49)63-39-19-41-65-71(63)59-37-15-31-53-61-46-70-62(45-69(61)81(65)73(53)59)54-32-16-38-60-72-64(40-20-42-66(72)82(70)74(54)60)80(50-27-11-4-12-28-50)68-44-18-36-58-56-34-14-30-52(76(56)84-78(58)68)48-23-7-2-8-24-48/h1-7,9-23,25-46H,8,24H2. The number of aromatic nitrogens is 2. The summed E-state index contributed by atoms with van der Waals surface area (Å²) in [5.74, 6) is 0. The fourth-order valence-electron chi connectivity index (χ4n) is 14.7. The van der Waals surface area contributed by atoms with Gasteiger partial charge in [-0.3, -0.25) is 0 Å². The molecular weight excluding hydrogens is 1020 g/mol. The van der Waals surface area contributed by atoms with Gasteiger partial charge in [0, 0.05) is 87.1 Å². The summed E-state index contributed by atoms with van der Waals surface area (Å²) < 4.78 is 19.4. The molecule has 0 atom stereocenters. The molecule has 0 saturated heterocycles. The first-order chi connectivity index (χ1) is 41.7. The number of hydrogen-bond acceptors (Lipinski definition) is 4. The lowest BCUT2D eigenvalue weighted by molar-refractivity contribution is 0.667. The molecule has 0 spiro atoms. The Labute approximate surface area is 481 Å². The van der Waals surface area contributed by atoms with Crippen molar-refractivity contribution in [3.63, 3.8) is 0 Å². The topological polar surface area (TPSA) is 41.6 Å². The first kappa shape index (κ1) is 45.6. The van der Waals surface area contributed by atoms with Crippen molar-refractivity contribution in [2.24, 2.45) is 0 Å². The van der Waals surface area contributed by atoms with Crippen LogP contribution < -0.4 is 9.80 Å². The van der Waals surface area contributed by atoms with Crippen molar-refractivity contribution in [2.45, 2.75) is 12.8 Å². The third-order valence-electron chi connectivity index (χ3n) is 18.2. The molecule has 0 unspecified atom stereocenters. The molecule has 0 saturated carbocycles. The van der Waals surface area contributed by atoms with E-state index in [-0.39, 0.29) is 0 Å². The number of fused-ring (bicyclic) bond motifs is 18. The second kappa shape index (κ2) is 17.2. The van der Waals surface area contributed by atoms with E-state index < -0.39 is 0 Å². The maximum absolute atomic E-state index is 7.17. The highest BCUT2D eigenvalue weighted by atomic mass is 16.3. The highest BCUT2D eigenvalue weighted by molar-refractivity contribution is 6.32. The molecule has 18 aromatic rings. The zero-order chi connectivity index (χ0) is 54.7. The molecule has 6 heteroatoms. The molecule has 6 nitrogen and oxygen atoms in total. The molecule has 12 aromatic carbocycles. The summed E-state index contributed by atoms with van der Waals surface area (Å²) in [4.78, 5) is 4.83. The monoisotopic (exact) mass is 1070 g/mol. The van der Waals surface area contributed by atoms with Crippen molar-refractivity contribution in [2.75, 3.05) is 9.80 Å². The molecule has 392 valence electrons. The van der Waals surface area contributed by atoms with Crippen LogP contribution in [-0.2, 0) is 0 Å². The van der Waals surface area contributed by atoms with Crippen LogP contribution in [0.3, 0.4) is 0 Å². The minimum Gasteiger partial charge on any atom is -0.453 e. The Kier molecular flexibility index (Phi) is 9.36. The third kappa shape index (κ3) is 6.18. The van der Waals surface area contributed by atoms with E-state index in [9.17, 15) is 0 Å². The molecule has 1 aliphatic rings. The van der Waals surface area contributed by atoms with Crippen LogP contribution in [0.25, 0.3) is 137 Å². The Morgan fingerprint density at radius 2 is 0.738 bits per heavy atom. The fraction of sp³-hybridized carbons (Fsp3) is 0.0256. The Morgan fingerprint density at radius 3 is 1.25 bits per heavy atom. The number of nitrogens with zero attached hydrogens (tertiary/aromatic N) is 4. The minimum absolute atomic E-state index is 0.850. The number of para-hydroxylation sites is 8. The lowest BCUT2D eigenvalue weighted by Gasteiger charge is -2.26. The average molecular weight is 1070 g/mol. The second-order valence-electron chi connectivity index (χ2n) is 22.5. The normalized spacial score (nSPS) is 13.2. The largest absolute Gasteiger partial charge is 0.453 e. The van der Waals surface area contributed by atoms with Crippen molar-refractivity contribution >= 4 is 160 Å². The predicted octanol–water partition coefficient (Wildman–Crippen LogP) is 22.1. The van der Waals surface area contributed by atoms with E-state index in [4.69, 9.17) is 8.83 Å². The van der Waals surface area contributed by atoms with Gasteiger partial charge in [0.15, 0.2) is 11.2 Å². The van der Waals surface area contributed by atoms with Crippen molar-refractivity contribution in [3.05, 3.63) is 273 Å². The van der Waals surface area contributed by atoms with Gasteiger partial charge in [0.05, 0.1) is 55.8 Å². The van der Waals surface area contributed by atoms with Gasteiger partial charge in [0.1, 0.15) is 11.2 Å². The van der Waals surface area contributed by atoms with Crippen LogP contribution in [0.5, 0.6) is 0 Å². The van der Waals surface area contributed by atoms with Crippen LogP contribution in [0, 0.1) is 0 Å². The van der Waals surface area contributed by atoms with Gasteiger partial charge in [0.2, 0.25) is 0 Å². The molecule has 0 fully saturated rings. The molecule has 84 heavy (non-hydrogen) atoms. The maximum atomic E-state index is 7.17. The molecule has 0 amide bonds. The molecule has 0 bridgehead atoms. The molecule has 1 aliphatic carbocycles. The van der Waals surface area contributed by atoms with Crippen LogP contribution >= 0.6 is 0 Å². The number of hydrogen-bond donors (Lipinski definition) is 0. The van der Waals surface area contributed by atoms with E-state index in [0.717, 1.165) is 119 Å². The van der Waals surface area contributed by atoms with Gasteiger partial charge in [-0.2, -0.15) is 0 Å². The van der Waals surface area contributed by atoms with E-state index >= 15 is 0 Å². The van der Waals surface area contributed by atoms with Gasteiger partial charge in [-0.05, 0) is 96.8 Å². The van der Waals surface area contributed by atoms with Gasteiger partial charge in [-0.15, -0.1) is 0 Å². The maximum Gasteiger partial charge on any atom is 0.159 e. The van der Waals surface area contributed by atoms with Gasteiger partial charge >= 0.3 is 0 Å². The number of allylic oxidation sites excluding steroid dienone is 4. The SMILES string of the molecule is C1=CCCC(c2cccc3c2oc2c(N(c4ccccc4)c4cccc5c4c4cccc6c7cc8c(cc7n5c64)c4cccc5c6c(N(c7ccccc7)c7cccc9c7oc7c(-c%10ccccc%10)cccc79)cccc6n8c45)cccc23)=C1. The molecule has 19 rings (SSSR count). The number of furan rings is 2. The van der Waals surface area contributed by atoms with Crippen molar-refractivity contribution in [3.8, 4) is 11.1 Å². The predicted molar refractivity (Wildman–Crippen MR) is 351 cm³/mol. The summed E-state index contributed by atoms with van der Waals surface area (Å²) in [5, 5.41) is 14.1. The van der Waals surface area contributed by atoms with E-state index in [0.29, 0.717) is 0 Å². The average Bonchev–Trinajstić information content (AvgIpc) is 1.71.